The Bertz CT molecular complexity index is 1470. The lowest BCUT2D eigenvalue weighted by Crippen LogP contribution is -2.19. The van der Waals surface area contributed by atoms with Crippen LogP contribution in [-0.4, -0.2) is 26.6 Å². The van der Waals surface area contributed by atoms with E-state index in [1.807, 2.05) is 6.92 Å². The van der Waals surface area contributed by atoms with Crippen LogP contribution in [0.2, 0.25) is 5.02 Å². The molecule has 3 aromatic carbocycles. The molecule has 180 valence electrons. The van der Waals surface area contributed by atoms with E-state index in [0.717, 1.165) is 5.56 Å². The molecule has 1 heterocycles. The smallest absolute Gasteiger partial charge is 0.339 e. The zero-order chi connectivity index (χ0) is 25.2. The largest absolute Gasteiger partial charge is 0.493 e. The fourth-order valence-electron chi connectivity index (χ4n) is 3.06. The van der Waals surface area contributed by atoms with Crippen molar-refractivity contribution in [2.24, 2.45) is 4.99 Å². The molecule has 4 rings (SSSR count). The number of carbonyl (C=O) groups excluding carboxylic acids is 1. The van der Waals surface area contributed by atoms with E-state index in [1.54, 1.807) is 54.6 Å². The van der Waals surface area contributed by atoms with E-state index < -0.39 is 10.1 Å². The lowest BCUT2D eigenvalue weighted by Gasteiger charge is -2.13. The molecule has 1 aliphatic heterocycles. The van der Waals surface area contributed by atoms with E-state index in [9.17, 15) is 13.2 Å². The van der Waals surface area contributed by atoms with Crippen LogP contribution in [-0.2, 0) is 14.9 Å². The van der Waals surface area contributed by atoms with Crippen molar-refractivity contribution in [1.82, 2.24) is 5.32 Å². The van der Waals surface area contributed by atoms with Crippen LogP contribution in [0.5, 0.6) is 11.5 Å². The molecule has 11 heteroatoms. The van der Waals surface area contributed by atoms with Gasteiger partial charge in [-0.05, 0) is 88.7 Å². The fraction of sp³-hybridized carbons (Fsp3) is 0.0833. The fourth-order valence-corrected chi connectivity index (χ4v) is 5.69. The Labute approximate surface area is 220 Å². The van der Waals surface area contributed by atoms with Gasteiger partial charge in [0.2, 0.25) is 0 Å². The summed E-state index contributed by atoms with van der Waals surface area (Å²) in [5.41, 5.74) is 2.13. The Hall–Kier alpha value is -2.79. The Morgan fingerprint density at radius 3 is 2.54 bits per heavy atom. The number of carbonyl (C=O) groups is 1. The molecule has 0 saturated carbocycles. The number of aryl methyl sites for hydroxylation is 1. The minimum absolute atomic E-state index is 0.00181. The monoisotopic (exact) mass is 592 g/mol. The summed E-state index contributed by atoms with van der Waals surface area (Å²) in [6.45, 7) is 1.86. The molecule has 1 saturated heterocycles. The summed E-state index contributed by atoms with van der Waals surface area (Å²) >= 11 is 10.5. The lowest BCUT2D eigenvalue weighted by molar-refractivity contribution is -0.115. The van der Waals surface area contributed by atoms with Crippen LogP contribution >= 0.6 is 39.3 Å². The van der Waals surface area contributed by atoms with Crippen molar-refractivity contribution in [1.29, 1.82) is 0 Å². The summed E-state index contributed by atoms with van der Waals surface area (Å²) in [5, 5.41) is 3.67. The first-order valence-electron chi connectivity index (χ1n) is 10.1. The van der Waals surface area contributed by atoms with Crippen molar-refractivity contribution < 1.29 is 22.1 Å². The zero-order valence-corrected chi connectivity index (χ0v) is 22.4. The van der Waals surface area contributed by atoms with E-state index in [4.69, 9.17) is 20.5 Å². The molecule has 0 spiro atoms. The number of benzene rings is 3. The third kappa shape index (κ3) is 6.07. The van der Waals surface area contributed by atoms with E-state index in [0.29, 0.717) is 30.8 Å². The molecule has 1 amide bonds. The van der Waals surface area contributed by atoms with Crippen molar-refractivity contribution in [2.75, 3.05) is 7.11 Å². The molecule has 35 heavy (non-hydrogen) atoms. The average molecular weight is 594 g/mol. The number of hydrogen-bond acceptors (Lipinski definition) is 7. The number of ether oxygens (including phenoxy) is 1. The Morgan fingerprint density at radius 1 is 1.11 bits per heavy atom. The van der Waals surface area contributed by atoms with E-state index in [1.165, 1.54) is 31.0 Å². The molecule has 0 aromatic heterocycles. The molecule has 1 aliphatic rings. The van der Waals surface area contributed by atoms with E-state index in [2.05, 4.69) is 26.2 Å². The second-order valence-electron chi connectivity index (χ2n) is 7.35. The SMILES string of the molecule is COc1cc(/C=C2/SC(=Nc3cccc(Cl)c3)NC2=O)cc(Br)c1OS(=O)(=O)c1ccc(C)cc1. The van der Waals surface area contributed by atoms with Crippen molar-refractivity contribution in [3.8, 4) is 11.5 Å². The number of amidine groups is 1. The summed E-state index contributed by atoms with van der Waals surface area (Å²) in [5.74, 6) is -0.131. The highest BCUT2D eigenvalue weighted by Gasteiger charge is 2.25. The Morgan fingerprint density at radius 2 is 1.86 bits per heavy atom. The number of nitrogens with one attached hydrogen (secondary N) is 1. The van der Waals surface area contributed by atoms with Crippen LogP contribution in [0, 0.1) is 6.92 Å². The Balaban J connectivity index is 1.60. The van der Waals surface area contributed by atoms with Gasteiger partial charge in [-0.3, -0.25) is 4.79 Å². The molecular weight excluding hydrogens is 576 g/mol. The molecule has 0 atom stereocenters. The van der Waals surface area contributed by atoms with Crippen LogP contribution in [0.15, 0.2) is 79.9 Å². The number of halogens is 2. The van der Waals surface area contributed by atoms with Crippen LogP contribution < -0.4 is 14.2 Å². The molecule has 0 radical (unpaired) electrons. The van der Waals surface area contributed by atoms with Crippen molar-refractivity contribution in [3.63, 3.8) is 0 Å². The summed E-state index contributed by atoms with van der Waals surface area (Å²) in [4.78, 5) is 17.3. The second kappa shape index (κ2) is 10.4. The number of hydrogen-bond donors (Lipinski definition) is 1. The normalized spacial score (nSPS) is 15.9. The maximum absolute atomic E-state index is 12.8. The minimum Gasteiger partial charge on any atom is -0.493 e. The number of amides is 1. The van der Waals surface area contributed by atoms with Crippen LogP contribution in [0.4, 0.5) is 5.69 Å². The molecule has 1 fully saturated rings. The highest BCUT2D eigenvalue weighted by atomic mass is 79.9. The third-order valence-corrected chi connectivity index (χ3v) is 7.71. The molecule has 1 N–H and O–H groups in total. The van der Waals surface area contributed by atoms with E-state index in [-0.39, 0.29) is 22.3 Å². The summed E-state index contributed by atoms with van der Waals surface area (Å²) < 4.78 is 36.6. The number of nitrogens with zero attached hydrogens (tertiary/aromatic N) is 1. The first-order chi connectivity index (χ1) is 16.6. The maximum Gasteiger partial charge on any atom is 0.339 e. The zero-order valence-electron chi connectivity index (χ0n) is 18.4. The van der Waals surface area contributed by atoms with Gasteiger partial charge in [0, 0.05) is 5.02 Å². The predicted octanol–water partition coefficient (Wildman–Crippen LogP) is 6.08. The summed E-state index contributed by atoms with van der Waals surface area (Å²) in [7, 11) is -2.69. The van der Waals surface area contributed by atoms with Gasteiger partial charge in [-0.15, -0.1) is 0 Å². The van der Waals surface area contributed by atoms with Gasteiger partial charge < -0.3 is 14.2 Å². The van der Waals surface area contributed by atoms with Gasteiger partial charge in [0.05, 0.1) is 22.2 Å². The van der Waals surface area contributed by atoms with Crippen LogP contribution in [0.1, 0.15) is 11.1 Å². The molecule has 0 bridgehead atoms. The van der Waals surface area contributed by atoms with Gasteiger partial charge in [0.25, 0.3) is 5.91 Å². The molecule has 7 nitrogen and oxygen atoms in total. The van der Waals surface area contributed by atoms with Crippen molar-refractivity contribution in [2.45, 2.75) is 11.8 Å². The third-order valence-electron chi connectivity index (χ3n) is 4.74. The summed E-state index contributed by atoms with van der Waals surface area (Å²) in [6.07, 6.45) is 1.64. The predicted molar refractivity (Wildman–Crippen MR) is 142 cm³/mol. The summed E-state index contributed by atoms with van der Waals surface area (Å²) in [6, 6.07) is 16.5. The number of thioether (sulfide) groups is 1. The average Bonchev–Trinajstić information content (AvgIpc) is 3.14. The second-order valence-corrected chi connectivity index (χ2v) is 11.2. The number of aliphatic imine (C=N–C) groups is 1. The highest BCUT2D eigenvalue weighted by Crippen LogP contribution is 2.40. The first-order valence-corrected chi connectivity index (χ1v) is 13.5. The topological polar surface area (TPSA) is 94.1 Å². The van der Waals surface area contributed by atoms with Gasteiger partial charge in [-0.1, -0.05) is 35.4 Å². The van der Waals surface area contributed by atoms with Gasteiger partial charge in [-0.2, -0.15) is 8.42 Å². The van der Waals surface area contributed by atoms with Crippen molar-refractivity contribution in [3.05, 3.63) is 86.2 Å². The molecule has 0 aliphatic carbocycles. The number of methoxy groups -OCH3 is 1. The Kier molecular flexibility index (Phi) is 7.56. The van der Waals surface area contributed by atoms with Gasteiger partial charge >= 0.3 is 10.1 Å². The molecule has 0 unspecified atom stereocenters. The lowest BCUT2D eigenvalue weighted by atomic mass is 10.2. The highest BCUT2D eigenvalue weighted by molar-refractivity contribution is 9.10. The quantitative estimate of drug-likeness (QED) is 0.275. The van der Waals surface area contributed by atoms with E-state index >= 15 is 0 Å². The minimum atomic E-state index is -4.09. The standard InChI is InChI=1S/C24H18BrClN2O5S2/c1-14-6-8-18(9-7-14)35(30,31)33-22-19(25)10-15(11-20(22)32-2)12-21-23(29)28-24(34-21)27-17-5-3-4-16(26)13-17/h3-13H,1-2H3,(H,27,28,29)/b21-12+. The van der Waals surface area contributed by atoms with Gasteiger partial charge in [0.1, 0.15) is 4.90 Å². The number of rotatable bonds is 6. The molecular formula is C24H18BrClN2O5S2. The van der Waals surface area contributed by atoms with Gasteiger partial charge in [-0.25, -0.2) is 4.99 Å². The maximum atomic E-state index is 12.8. The van der Waals surface area contributed by atoms with Crippen LogP contribution in [0.25, 0.3) is 6.08 Å². The van der Waals surface area contributed by atoms with Crippen molar-refractivity contribution >= 4 is 72.2 Å². The molecule has 3 aromatic rings. The first kappa shape index (κ1) is 25.3. The van der Waals surface area contributed by atoms with Gasteiger partial charge in [0.15, 0.2) is 16.7 Å². The van der Waals surface area contributed by atoms with Crippen LogP contribution in [0.3, 0.4) is 0 Å².